The van der Waals surface area contributed by atoms with Crippen molar-refractivity contribution in [2.75, 3.05) is 42.9 Å². The number of likely N-dealkylation sites (tertiary alicyclic amines) is 1. The molecule has 4 heteroatoms. The number of carbonyl (C=O) groups is 1. The van der Waals surface area contributed by atoms with E-state index in [0.29, 0.717) is 6.42 Å². The van der Waals surface area contributed by atoms with E-state index < -0.39 is 0 Å². The Labute approximate surface area is 140 Å². The smallest absolute Gasteiger partial charge is 0.225 e. The Morgan fingerprint density at radius 2 is 1.96 bits per heavy atom. The lowest BCUT2D eigenvalue weighted by Crippen LogP contribution is -2.36. The molecule has 0 aromatic heterocycles. The molecule has 0 bridgehead atoms. The van der Waals surface area contributed by atoms with Gasteiger partial charge in [0, 0.05) is 44.0 Å². The standard InChI is InChI=1S/C19H31N3O/c1-4-22(5-2)18-10-8-17(9-11-18)20-19(23)12-14-21-13-6-7-16(3)15-21/h8-11,16H,4-7,12-15H2,1-3H3,(H,20,23). The Morgan fingerprint density at radius 3 is 2.57 bits per heavy atom. The average molecular weight is 317 g/mol. The van der Waals surface area contributed by atoms with Crippen LogP contribution in [0, 0.1) is 5.92 Å². The summed E-state index contributed by atoms with van der Waals surface area (Å²) < 4.78 is 0. The number of rotatable bonds is 7. The van der Waals surface area contributed by atoms with Crippen molar-refractivity contribution in [1.29, 1.82) is 0 Å². The van der Waals surface area contributed by atoms with E-state index in [4.69, 9.17) is 0 Å². The number of piperidine rings is 1. The van der Waals surface area contributed by atoms with Gasteiger partial charge in [-0.25, -0.2) is 0 Å². The second kappa shape index (κ2) is 8.92. The van der Waals surface area contributed by atoms with E-state index in [1.165, 1.54) is 18.5 Å². The Kier molecular flexibility index (Phi) is 6.90. The van der Waals surface area contributed by atoms with Crippen LogP contribution in [0.25, 0.3) is 0 Å². The second-order valence-electron chi connectivity index (χ2n) is 6.57. The zero-order chi connectivity index (χ0) is 16.7. The lowest BCUT2D eigenvalue weighted by Gasteiger charge is -2.30. The van der Waals surface area contributed by atoms with Gasteiger partial charge in [-0.3, -0.25) is 4.79 Å². The lowest BCUT2D eigenvalue weighted by atomic mass is 10.0. The molecule has 1 fully saturated rings. The molecule has 1 atom stereocenters. The maximum absolute atomic E-state index is 12.1. The van der Waals surface area contributed by atoms with Gasteiger partial charge < -0.3 is 15.1 Å². The van der Waals surface area contributed by atoms with Crippen molar-refractivity contribution in [3.05, 3.63) is 24.3 Å². The first-order valence-electron chi connectivity index (χ1n) is 8.99. The molecule has 1 amide bonds. The van der Waals surface area contributed by atoms with Gasteiger partial charge in [-0.15, -0.1) is 0 Å². The number of nitrogens with one attached hydrogen (secondary N) is 1. The van der Waals surface area contributed by atoms with Crippen LogP contribution in [0.1, 0.15) is 40.0 Å². The van der Waals surface area contributed by atoms with Crippen LogP contribution < -0.4 is 10.2 Å². The van der Waals surface area contributed by atoms with Gasteiger partial charge in [0.15, 0.2) is 0 Å². The highest BCUT2D eigenvalue weighted by Crippen LogP contribution is 2.18. The van der Waals surface area contributed by atoms with Gasteiger partial charge in [-0.1, -0.05) is 6.92 Å². The van der Waals surface area contributed by atoms with Crippen LogP contribution in [0.4, 0.5) is 11.4 Å². The summed E-state index contributed by atoms with van der Waals surface area (Å²) in [4.78, 5) is 16.8. The molecule has 1 aromatic carbocycles. The van der Waals surface area contributed by atoms with Crippen molar-refractivity contribution in [2.45, 2.75) is 40.0 Å². The molecule has 0 spiro atoms. The number of amides is 1. The first-order valence-corrected chi connectivity index (χ1v) is 8.99. The molecular weight excluding hydrogens is 286 g/mol. The maximum Gasteiger partial charge on any atom is 0.225 e. The third-order valence-corrected chi connectivity index (χ3v) is 4.68. The van der Waals surface area contributed by atoms with E-state index in [1.54, 1.807) is 0 Å². The maximum atomic E-state index is 12.1. The Bertz CT molecular complexity index is 482. The van der Waals surface area contributed by atoms with E-state index in [2.05, 4.69) is 48.0 Å². The van der Waals surface area contributed by atoms with Crippen molar-refractivity contribution in [3.63, 3.8) is 0 Å². The summed E-state index contributed by atoms with van der Waals surface area (Å²) in [5.74, 6) is 0.873. The first kappa shape index (κ1) is 17.8. The number of hydrogen-bond acceptors (Lipinski definition) is 3. The number of benzene rings is 1. The SMILES string of the molecule is CCN(CC)c1ccc(NC(=O)CCN2CCCC(C)C2)cc1. The largest absolute Gasteiger partial charge is 0.372 e. The van der Waals surface area contributed by atoms with E-state index in [9.17, 15) is 4.79 Å². The summed E-state index contributed by atoms with van der Waals surface area (Å²) >= 11 is 0. The Hall–Kier alpha value is -1.55. The van der Waals surface area contributed by atoms with E-state index in [1.807, 2.05) is 12.1 Å². The third kappa shape index (κ3) is 5.54. The van der Waals surface area contributed by atoms with Gasteiger partial charge in [0.25, 0.3) is 0 Å². The molecular formula is C19H31N3O. The fraction of sp³-hybridized carbons (Fsp3) is 0.632. The third-order valence-electron chi connectivity index (χ3n) is 4.68. The van der Waals surface area contributed by atoms with Gasteiger partial charge in [-0.2, -0.15) is 0 Å². The molecule has 1 saturated heterocycles. The summed E-state index contributed by atoms with van der Waals surface area (Å²) in [6.45, 7) is 11.7. The molecule has 2 rings (SSSR count). The van der Waals surface area contributed by atoms with Crippen LogP contribution in [-0.4, -0.2) is 43.5 Å². The van der Waals surface area contributed by atoms with E-state index in [-0.39, 0.29) is 5.91 Å². The topological polar surface area (TPSA) is 35.6 Å². The highest BCUT2D eigenvalue weighted by atomic mass is 16.1. The lowest BCUT2D eigenvalue weighted by molar-refractivity contribution is -0.116. The average Bonchev–Trinajstić information content (AvgIpc) is 2.56. The summed E-state index contributed by atoms with van der Waals surface area (Å²) in [5.41, 5.74) is 2.09. The summed E-state index contributed by atoms with van der Waals surface area (Å²) in [6, 6.07) is 8.15. The van der Waals surface area contributed by atoms with Crippen LogP contribution in [0.5, 0.6) is 0 Å². The minimum absolute atomic E-state index is 0.110. The molecule has 23 heavy (non-hydrogen) atoms. The number of anilines is 2. The minimum Gasteiger partial charge on any atom is -0.372 e. The highest BCUT2D eigenvalue weighted by Gasteiger charge is 2.16. The Morgan fingerprint density at radius 1 is 1.26 bits per heavy atom. The van der Waals surface area contributed by atoms with Crippen LogP contribution in [0.15, 0.2) is 24.3 Å². The monoisotopic (exact) mass is 317 g/mol. The van der Waals surface area contributed by atoms with Crippen LogP contribution >= 0.6 is 0 Å². The fourth-order valence-corrected chi connectivity index (χ4v) is 3.32. The van der Waals surface area contributed by atoms with Crippen LogP contribution in [-0.2, 0) is 4.79 Å². The number of nitrogens with zero attached hydrogens (tertiary/aromatic N) is 2. The summed E-state index contributed by atoms with van der Waals surface area (Å²) in [7, 11) is 0. The quantitative estimate of drug-likeness (QED) is 0.835. The summed E-state index contributed by atoms with van der Waals surface area (Å²) in [5, 5.41) is 3.01. The first-order chi connectivity index (χ1) is 11.1. The van der Waals surface area contributed by atoms with Crippen molar-refractivity contribution < 1.29 is 4.79 Å². The van der Waals surface area contributed by atoms with E-state index in [0.717, 1.165) is 44.3 Å². The molecule has 1 unspecified atom stereocenters. The predicted octanol–water partition coefficient (Wildman–Crippen LogP) is 3.59. The van der Waals surface area contributed by atoms with Crippen molar-refractivity contribution in [1.82, 2.24) is 4.90 Å². The molecule has 0 aliphatic carbocycles. The molecule has 0 radical (unpaired) electrons. The highest BCUT2D eigenvalue weighted by molar-refractivity contribution is 5.91. The molecule has 128 valence electrons. The van der Waals surface area contributed by atoms with Crippen LogP contribution in [0.2, 0.25) is 0 Å². The molecule has 4 nitrogen and oxygen atoms in total. The fourth-order valence-electron chi connectivity index (χ4n) is 3.32. The minimum atomic E-state index is 0.110. The number of hydrogen-bond donors (Lipinski definition) is 1. The molecule has 1 aliphatic rings. The van der Waals surface area contributed by atoms with Gasteiger partial charge in [-0.05, 0) is 63.4 Å². The zero-order valence-corrected chi connectivity index (χ0v) is 14.8. The second-order valence-corrected chi connectivity index (χ2v) is 6.57. The Balaban J connectivity index is 1.78. The molecule has 0 saturated carbocycles. The molecule has 1 aromatic rings. The van der Waals surface area contributed by atoms with Gasteiger partial charge in [0.05, 0.1) is 0 Å². The van der Waals surface area contributed by atoms with Gasteiger partial charge >= 0.3 is 0 Å². The zero-order valence-electron chi connectivity index (χ0n) is 14.8. The van der Waals surface area contributed by atoms with Gasteiger partial charge in [0.1, 0.15) is 0 Å². The molecule has 1 N–H and O–H groups in total. The predicted molar refractivity (Wildman–Crippen MR) is 98.1 cm³/mol. The molecule has 1 heterocycles. The summed E-state index contributed by atoms with van der Waals surface area (Å²) in [6.07, 6.45) is 3.15. The van der Waals surface area contributed by atoms with E-state index >= 15 is 0 Å². The van der Waals surface area contributed by atoms with Crippen molar-refractivity contribution >= 4 is 17.3 Å². The van der Waals surface area contributed by atoms with Gasteiger partial charge in [0.2, 0.25) is 5.91 Å². The van der Waals surface area contributed by atoms with Crippen LogP contribution in [0.3, 0.4) is 0 Å². The van der Waals surface area contributed by atoms with Crippen molar-refractivity contribution in [3.8, 4) is 0 Å². The normalized spacial score (nSPS) is 18.7. The molecule has 1 aliphatic heterocycles. The number of carbonyl (C=O) groups excluding carboxylic acids is 1. The van der Waals surface area contributed by atoms with Crippen molar-refractivity contribution in [2.24, 2.45) is 5.92 Å².